The van der Waals surface area contributed by atoms with Crippen molar-refractivity contribution in [2.75, 3.05) is 16.6 Å². The van der Waals surface area contributed by atoms with Crippen LogP contribution in [0.1, 0.15) is 53.7 Å². The van der Waals surface area contributed by atoms with Gasteiger partial charge in [0.05, 0.1) is 17.5 Å². The highest BCUT2D eigenvalue weighted by molar-refractivity contribution is 7.92. The molecule has 0 saturated carbocycles. The lowest BCUT2D eigenvalue weighted by Gasteiger charge is -2.28. The summed E-state index contributed by atoms with van der Waals surface area (Å²) >= 11 is 0. The zero-order valence-corrected chi connectivity index (χ0v) is 16.6. The molecule has 1 amide bonds. The van der Waals surface area contributed by atoms with Crippen molar-refractivity contribution in [1.82, 2.24) is 5.32 Å². The molecule has 5 nitrogen and oxygen atoms in total. The van der Waals surface area contributed by atoms with Crippen molar-refractivity contribution in [2.24, 2.45) is 0 Å². The summed E-state index contributed by atoms with van der Waals surface area (Å²) in [4.78, 5) is 12.8. The number of hydrogen-bond acceptors (Lipinski definition) is 3. The van der Waals surface area contributed by atoms with Crippen LogP contribution in [0.5, 0.6) is 0 Å². The number of sulfonamides is 1. The van der Waals surface area contributed by atoms with Crippen LogP contribution < -0.4 is 9.62 Å². The average molecular weight is 387 g/mol. The number of nitrogens with zero attached hydrogens (tertiary/aromatic N) is 1. The Balaban J connectivity index is 1.79. The van der Waals surface area contributed by atoms with E-state index in [1.54, 1.807) is 24.3 Å². The van der Waals surface area contributed by atoms with Gasteiger partial charge in [-0.25, -0.2) is 8.42 Å². The molecule has 2 aromatic rings. The second-order valence-corrected chi connectivity index (χ2v) is 9.00. The summed E-state index contributed by atoms with van der Waals surface area (Å²) in [7, 11) is -3.29. The average Bonchev–Trinajstić information content (AvgIpc) is 2.66. The Bertz CT molecular complexity index is 907. The van der Waals surface area contributed by atoms with Crippen molar-refractivity contribution in [3.63, 3.8) is 0 Å². The van der Waals surface area contributed by atoms with E-state index in [1.165, 1.54) is 9.87 Å². The lowest BCUT2D eigenvalue weighted by Crippen LogP contribution is -2.38. The third kappa shape index (κ3) is 4.50. The van der Waals surface area contributed by atoms with Gasteiger partial charge in [0, 0.05) is 12.1 Å². The van der Waals surface area contributed by atoms with Crippen molar-refractivity contribution in [3.05, 3.63) is 65.2 Å². The van der Waals surface area contributed by atoms with Crippen LogP contribution in [0.25, 0.3) is 0 Å². The van der Waals surface area contributed by atoms with E-state index in [4.69, 9.17) is 0 Å². The van der Waals surface area contributed by atoms with E-state index in [2.05, 4.69) is 5.32 Å². The van der Waals surface area contributed by atoms with Gasteiger partial charge in [0.1, 0.15) is 0 Å². The number of hydrogen-bond donors (Lipinski definition) is 1. The predicted molar refractivity (Wildman–Crippen MR) is 108 cm³/mol. The minimum absolute atomic E-state index is 0.0829. The highest BCUT2D eigenvalue weighted by atomic mass is 32.2. The number of rotatable bonds is 5. The van der Waals surface area contributed by atoms with E-state index < -0.39 is 10.0 Å². The van der Waals surface area contributed by atoms with Gasteiger partial charge in [0.2, 0.25) is 10.0 Å². The summed E-state index contributed by atoms with van der Waals surface area (Å²) in [5.74, 6) is -0.0342. The number of carbonyl (C=O) groups excluding carboxylic acids is 1. The van der Waals surface area contributed by atoms with E-state index >= 15 is 0 Å². The lowest BCUT2D eigenvalue weighted by atomic mass is 10.0. The first kappa shape index (κ1) is 19.4. The van der Waals surface area contributed by atoms with Gasteiger partial charge >= 0.3 is 0 Å². The third-order valence-corrected chi connectivity index (χ3v) is 6.81. The lowest BCUT2D eigenvalue weighted by molar-refractivity contribution is 0.0935. The molecule has 0 radical (unpaired) electrons. The van der Waals surface area contributed by atoms with Gasteiger partial charge in [0.15, 0.2) is 0 Å². The van der Waals surface area contributed by atoms with E-state index in [0.29, 0.717) is 24.2 Å². The van der Waals surface area contributed by atoms with Crippen molar-refractivity contribution >= 4 is 21.6 Å². The first-order valence-electron chi connectivity index (χ1n) is 9.38. The number of benzene rings is 2. The third-order valence-electron chi connectivity index (χ3n) is 4.94. The molecule has 0 unspecified atom stereocenters. The zero-order valence-electron chi connectivity index (χ0n) is 15.8. The van der Waals surface area contributed by atoms with Crippen LogP contribution in [0.3, 0.4) is 0 Å². The molecule has 1 atom stereocenters. The minimum Gasteiger partial charge on any atom is -0.345 e. The second-order valence-electron chi connectivity index (χ2n) is 6.99. The van der Waals surface area contributed by atoms with Gasteiger partial charge < -0.3 is 5.32 Å². The van der Waals surface area contributed by atoms with Gasteiger partial charge in [-0.1, -0.05) is 42.8 Å². The summed E-state index contributed by atoms with van der Waals surface area (Å²) in [6, 6.07) is 14.9. The van der Waals surface area contributed by atoms with Gasteiger partial charge in [-0.3, -0.25) is 9.10 Å². The van der Waals surface area contributed by atoms with E-state index in [-0.39, 0.29) is 17.7 Å². The van der Waals surface area contributed by atoms with Crippen LogP contribution in [-0.2, 0) is 10.0 Å². The molecule has 6 heteroatoms. The molecule has 1 fully saturated rings. The van der Waals surface area contributed by atoms with Crippen molar-refractivity contribution in [2.45, 2.75) is 39.2 Å². The van der Waals surface area contributed by atoms with E-state index in [1.807, 2.05) is 38.1 Å². The quantitative estimate of drug-likeness (QED) is 0.850. The molecule has 0 aliphatic carbocycles. The molecule has 1 saturated heterocycles. The summed E-state index contributed by atoms with van der Waals surface area (Å²) in [5.41, 5.74) is 3.27. The van der Waals surface area contributed by atoms with Crippen molar-refractivity contribution in [3.8, 4) is 0 Å². The Labute approximate surface area is 161 Å². The molecule has 0 aromatic heterocycles. The van der Waals surface area contributed by atoms with Gasteiger partial charge in [-0.2, -0.15) is 0 Å². The highest BCUT2D eigenvalue weighted by Crippen LogP contribution is 2.25. The molecule has 1 aliphatic heterocycles. The summed E-state index contributed by atoms with van der Waals surface area (Å²) in [6.07, 6.45) is 2.30. The largest absolute Gasteiger partial charge is 0.345 e. The number of carbonyl (C=O) groups is 1. The zero-order chi connectivity index (χ0) is 19.4. The molecule has 144 valence electrons. The highest BCUT2D eigenvalue weighted by Gasteiger charge is 2.26. The van der Waals surface area contributed by atoms with Crippen LogP contribution in [0.2, 0.25) is 0 Å². The molecule has 1 heterocycles. The van der Waals surface area contributed by atoms with Crippen LogP contribution >= 0.6 is 0 Å². The predicted octanol–water partition coefficient (Wildman–Crippen LogP) is 3.81. The molecule has 2 aromatic carbocycles. The standard InChI is InChI=1S/C21H26N2O3S/c1-3-20(17-11-9-16(2)10-12-17)22-21(24)18-7-6-8-19(15-18)23-13-4-5-14-27(23,25)26/h6-12,15,20H,3-5,13-14H2,1-2H3,(H,22,24)/t20-/m1/s1. The summed E-state index contributed by atoms with van der Waals surface area (Å²) in [5, 5.41) is 3.06. The van der Waals surface area contributed by atoms with Crippen molar-refractivity contribution < 1.29 is 13.2 Å². The maximum absolute atomic E-state index is 12.8. The SMILES string of the molecule is CC[C@@H](NC(=O)c1cccc(N2CCCCS2(=O)=O)c1)c1ccc(C)cc1. The second kappa shape index (κ2) is 8.13. The Morgan fingerprint density at radius 1 is 1.15 bits per heavy atom. The van der Waals surface area contributed by atoms with Crippen LogP contribution in [0, 0.1) is 6.92 Å². The molecule has 0 spiro atoms. The maximum Gasteiger partial charge on any atom is 0.251 e. The normalized spacial score (nSPS) is 17.3. The Morgan fingerprint density at radius 3 is 2.56 bits per heavy atom. The topological polar surface area (TPSA) is 66.5 Å². The molecule has 3 rings (SSSR count). The Morgan fingerprint density at radius 2 is 1.89 bits per heavy atom. The van der Waals surface area contributed by atoms with Gasteiger partial charge in [-0.05, 0) is 49.9 Å². The Kier molecular flexibility index (Phi) is 5.85. The van der Waals surface area contributed by atoms with Crippen LogP contribution in [0.4, 0.5) is 5.69 Å². The summed E-state index contributed by atoms with van der Waals surface area (Å²) < 4.78 is 26.1. The molecular formula is C21H26N2O3S. The smallest absolute Gasteiger partial charge is 0.251 e. The van der Waals surface area contributed by atoms with Crippen molar-refractivity contribution in [1.29, 1.82) is 0 Å². The molecular weight excluding hydrogens is 360 g/mol. The fourth-order valence-electron chi connectivity index (χ4n) is 3.34. The number of amides is 1. The monoisotopic (exact) mass is 386 g/mol. The molecule has 0 bridgehead atoms. The molecule has 1 aliphatic rings. The van der Waals surface area contributed by atoms with Gasteiger partial charge in [0.25, 0.3) is 5.91 Å². The van der Waals surface area contributed by atoms with E-state index in [9.17, 15) is 13.2 Å². The van der Waals surface area contributed by atoms with Crippen LogP contribution in [-0.4, -0.2) is 26.6 Å². The fraction of sp³-hybridized carbons (Fsp3) is 0.381. The Hall–Kier alpha value is -2.34. The van der Waals surface area contributed by atoms with Crippen LogP contribution in [0.15, 0.2) is 48.5 Å². The number of nitrogens with one attached hydrogen (secondary N) is 1. The maximum atomic E-state index is 12.8. The first-order chi connectivity index (χ1) is 12.9. The minimum atomic E-state index is -3.29. The summed E-state index contributed by atoms with van der Waals surface area (Å²) in [6.45, 7) is 4.53. The number of aryl methyl sites for hydroxylation is 1. The number of anilines is 1. The first-order valence-corrected chi connectivity index (χ1v) is 11.0. The molecule has 1 N–H and O–H groups in total. The fourth-order valence-corrected chi connectivity index (χ4v) is 4.97. The van der Waals surface area contributed by atoms with E-state index in [0.717, 1.165) is 18.4 Å². The van der Waals surface area contributed by atoms with Gasteiger partial charge in [-0.15, -0.1) is 0 Å². The molecule has 27 heavy (non-hydrogen) atoms.